The Hall–Kier alpha value is -2.90. The van der Waals surface area contributed by atoms with Crippen molar-refractivity contribution in [1.82, 2.24) is 4.90 Å². The third-order valence-corrected chi connectivity index (χ3v) is 6.50. The molecule has 1 rings (SSSR count). The van der Waals surface area contributed by atoms with Gasteiger partial charge < -0.3 is 21.1 Å². The van der Waals surface area contributed by atoms with Gasteiger partial charge in [-0.15, -0.1) is 12.8 Å². The van der Waals surface area contributed by atoms with Crippen LogP contribution in [0.4, 0.5) is 18.0 Å². The lowest BCUT2D eigenvalue weighted by atomic mass is 10.1. The first-order valence-electron chi connectivity index (χ1n) is 15.0. The summed E-state index contributed by atoms with van der Waals surface area (Å²) in [5.74, 6) is 0.755. The molecule has 0 saturated carbocycles. The Bertz CT molecular complexity index is 892. The average molecular weight is 646 g/mol. The largest absolute Gasteiger partial charge is 0.445 e. The fourth-order valence-corrected chi connectivity index (χ4v) is 4.18. The van der Waals surface area contributed by atoms with Crippen LogP contribution in [-0.4, -0.2) is 54.3 Å². The highest BCUT2D eigenvalue weighted by Gasteiger charge is 2.26. The number of halogens is 3. The van der Waals surface area contributed by atoms with Crippen LogP contribution >= 0.6 is 11.8 Å². The van der Waals surface area contributed by atoms with Gasteiger partial charge in [0.15, 0.2) is 0 Å². The first-order chi connectivity index (χ1) is 20.8. The molecule has 0 saturated heterocycles. The van der Waals surface area contributed by atoms with E-state index in [4.69, 9.17) is 5.73 Å². The predicted octanol–water partition coefficient (Wildman–Crippen LogP) is 8.54. The minimum atomic E-state index is -4.10. The van der Waals surface area contributed by atoms with E-state index >= 15 is 0 Å². The molecule has 0 spiro atoms. The number of carbonyl (C=O) groups excluding carboxylic acids is 2. The third-order valence-electron chi connectivity index (χ3n) is 5.19. The molecule has 0 unspecified atom stereocenters. The number of hydrogen-bond acceptors (Lipinski definition) is 5. The molecule has 0 radical (unpaired) electrons. The topological polar surface area (TPSA) is 98.7 Å². The summed E-state index contributed by atoms with van der Waals surface area (Å²) >= 11 is 1.41. The molecule has 0 aliphatic carbocycles. The van der Waals surface area contributed by atoms with Gasteiger partial charge in [0, 0.05) is 31.2 Å². The maximum atomic E-state index is 12.8. The van der Waals surface area contributed by atoms with E-state index in [0.29, 0.717) is 31.1 Å². The smallest absolute Gasteiger partial charge is 0.404 e. The Morgan fingerprint density at radius 1 is 1.16 bits per heavy atom. The molecular weight excluding hydrogens is 587 g/mol. The van der Waals surface area contributed by atoms with Crippen molar-refractivity contribution in [1.29, 1.82) is 0 Å². The molecule has 10 heteroatoms. The highest BCUT2D eigenvalue weighted by molar-refractivity contribution is 7.99. The van der Waals surface area contributed by atoms with Gasteiger partial charge in [-0.25, -0.2) is 4.79 Å². The lowest BCUT2D eigenvalue weighted by Crippen LogP contribution is -2.37. The van der Waals surface area contributed by atoms with Crippen LogP contribution < -0.4 is 11.5 Å². The molecule has 1 aromatic rings. The summed E-state index contributed by atoms with van der Waals surface area (Å²) in [5.41, 5.74) is 13.3. The second kappa shape index (κ2) is 33.0. The minimum absolute atomic E-state index is 0.0358. The lowest BCUT2D eigenvalue weighted by molar-refractivity contribution is -0.135. The lowest BCUT2D eigenvalue weighted by Gasteiger charge is -2.26. The van der Waals surface area contributed by atoms with Gasteiger partial charge in [0.2, 0.25) is 5.91 Å². The van der Waals surface area contributed by atoms with Crippen molar-refractivity contribution >= 4 is 23.8 Å². The number of alkyl halides is 3. The van der Waals surface area contributed by atoms with Crippen molar-refractivity contribution in [2.24, 2.45) is 17.4 Å². The third kappa shape index (κ3) is 33.6. The number of primary amides is 1. The Morgan fingerprint density at radius 2 is 1.75 bits per heavy atom. The van der Waals surface area contributed by atoms with Crippen LogP contribution in [-0.2, 0) is 22.5 Å². The van der Waals surface area contributed by atoms with E-state index in [1.807, 2.05) is 44.7 Å². The summed E-state index contributed by atoms with van der Waals surface area (Å²) in [6, 6.07) is 8.19. The highest BCUT2D eigenvalue weighted by Crippen LogP contribution is 2.23. The molecule has 1 atom stereocenters. The summed E-state index contributed by atoms with van der Waals surface area (Å²) in [7, 11) is 0. The van der Waals surface area contributed by atoms with Crippen LogP contribution in [0.2, 0.25) is 0 Å². The molecule has 0 heterocycles. The average Bonchev–Trinajstić information content (AvgIpc) is 3.00. The number of aryl methyl sites for hydroxylation is 1. The van der Waals surface area contributed by atoms with Gasteiger partial charge in [0.1, 0.15) is 6.61 Å². The van der Waals surface area contributed by atoms with Crippen LogP contribution in [0.5, 0.6) is 0 Å². The molecular formula is C34H58F3N3O3S. The molecule has 4 N–H and O–H groups in total. The van der Waals surface area contributed by atoms with E-state index < -0.39 is 18.7 Å². The zero-order valence-electron chi connectivity index (χ0n) is 28.1. The zero-order valence-corrected chi connectivity index (χ0v) is 28.9. The number of benzene rings is 1. The minimum Gasteiger partial charge on any atom is -0.445 e. The van der Waals surface area contributed by atoms with Crippen molar-refractivity contribution in [3.8, 4) is 12.8 Å². The number of allylic oxidation sites excluding steroid dienone is 2. The number of carbonyl (C=O) groups is 2. The van der Waals surface area contributed by atoms with E-state index in [0.717, 1.165) is 30.4 Å². The standard InChI is InChI=1S/C20H31F3N2OS.C5H9NO2.C5H10.C2H6.C2H2/c1-3-17-7-4-8-18(13-17)14-25(11-6-10-24)19(26)16(2)15-27-12-5-9-20(21,22)23;1-4(2)3-8-5(6)7;1-3-5-4-2;2*1-2/h4,7-8,13,16H,3,5-6,9-12,14-15,24H2,1-2H3;1,3H2,2H3,(H2,6,7);3,5H,4H2,1-2H3;1-2H3;1-2H/b;;5-3-;;/t16-;;;;/m1..../s1. The number of thioether (sulfide) groups is 1. The molecule has 254 valence electrons. The van der Waals surface area contributed by atoms with Crippen molar-refractivity contribution in [3.05, 3.63) is 59.7 Å². The van der Waals surface area contributed by atoms with Gasteiger partial charge in [0.05, 0.1) is 0 Å². The van der Waals surface area contributed by atoms with Crippen LogP contribution in [0, 0.1) is 18.8 Å². The van der Waals surface area contributed by atoms with Gasteiger partial charge in [-0.3, -0.25) is 4.79 Å². The van der Waals surface area contributed by atoms with Crippen LogP contribution in [0.15, 0.2) is 48.6 Å². The quantitative estimate of drug-likeness (QED) is 0.113. The fraction of sp³-hybridized carbons (Fsp3) is 0.588. The van der Waals surface area contributed by atoms with Crippen molar-refractivity contribution < 1.29 is 27.5 Å². The van der Waals surface area contributed by atoms with Gasteiger partial charge in [-0.1, -0.05) is 77.6 Å². The molecule has 0 fully saturated rings. The first kappa shape index (κ1) is 48.0. The Labute approximate surface area is 270 Å². The maximum Gasteiger partial charge on any atom is 0.404 e. The summed E-state index contributed by atoms with van der Waals surface area (Å²) in [4.78, 5) is 24.5. The van der Waals surface area contributed by atoms with Gasteiger partial charge in [0.25, 0.3) is 0 Å². The number of hydrogen-bond donors (Lipinski definition) is 2. The van der Waals surface area contributed by atoms with Gasteiger partial charge >= 0.3 is 12.3 Å². The van der Waals surface area contributed by atoms with Crippen LogP contribution in [0.1, 0.15) is 85.3 Å². The number of nitrogens with zero attached hydrogens (tertiary/aromatic N) is 1. The van der Waals surface area contributed by atoms with Crippen molar-refractivity contribution in [2.75, 3.05) is 31.2 Å². The van der Waals surface area contributed by atoms with Gasteiger partial charge in [-0.2, -0.15) is 24.9 Å². The number of ether oxygens (including phenoxy) is 1. The van der Waals surface area contributed by atoms with E-state index in [1.54, 1.807) is 6.92 Å². The van der Waals surface area contributed by atoms with Crippen LogP contribution in [0.25, 0.3) is 0 Å². The van der Waals surface area contributed by atoms with E-state index in [9.17, 15) is 22.8 Å². The second-order valence-corrected chi connectivity index (χ2v) is 10.5. The molecule has 2 amide bonds. The summed E-state index contributed by atoms with van der Waals surface area (Å²) in [5, 5.41) is 0. The summed E-state index contributed by atoms with van der Waals surface area (Å²) in [6.07, 6.45) is 9.48. The summed E-state index contributed by atoms with van der Waals surface area (Å²) < 4.78 is 40.9. The SMILES string of the molecule is C#C.C/C=C\CC.C=C(C)COC(N)=O.CC.CCc1cccc(CN(CCCN)C(=O)[C@H](C)CSCCCC(F)(F)F)c1. The Balaban J connectivity index is -0.000000387. The number of nitrogens with two attached hydrogens (primary N) is 2. The first-order valence-corrected chi connectivity index (χ1v) is 16.2. The molecule has 0 aromatic heterocycles. The number of terminal acetylenes is 1. The van der Waals surface area contributed by atoms with E-state index in [1.165, 1.54) is 17.3 Å². The predicted molar refractivity (Wildman–Crippen MR) is 183 cm³/mol. The monoisotopic (exact) mass is 645 g/mol. The van der Waals surface area contributed by atoms with Crippen molar-refractivity contribution in [3.63, 3.8) is 0 Å². The van der Waals surface area contributed by atoms with E-state index in [-0.39, 0.29) is 24.9 Å². The molecule has 0 aliphatic heterocycles. The molecule has 1 aromatic carbocycles. The van der Waals surface area contributed by atoms with E-state index in [2.05, 4.69) is 68.0 Å². The van der Waals surface area contributed by atoms with Gasteiger partial charge in [-0.05, 0) is 68.5 Å². The van der Waals surface area contributed by atoms with Crippen molar-refractivity contribution in [2.45, 2.75) is 93.3 Å². The normalized spacial score (nSPS) is 10.7. The Morgan fingerprint density at radius 3 is 2.16 bits per heavy atom. The number of amides is 2. The number of rotatable bonds is 15. The molecule has 6 nitrogen and oxygen atoms in total. The molecule has 44 heavy (non-hydrogen) atoms. The second-order valence-electron chi connectivity index (χ2n) is 9.31. The molecule has 0 aliphatic rings. The van der Waals surface area contributed by atoms with Crippen LogP contribution in [0.3, 0.4) is 0 Å². The fourth-order valence-electron chi connectivity index (χ4n) is 3.17. The maximum absolute atomic E-state index is 12.8. The zero-order chi connectivity index (χ0) is 35.0. The summed E-state index contributed by atoms with van der Waals surface area (Å²) in [6.45, 7) is 19.2. The Kier molecular flexibility index (Phi) is 36.0. The highest BCUT2D eigenvalue weighted by atomic mass is 32.2. The molecule has 0 bridgehead atoms.